The molecular formula is C12H8O5P+. The minimum atomic E-state index is -2.70. The summed E-state index contributed by atoms with van der Waals surface area (Å²) in [5, 5.41) is 20.0. The fraction of sp³-hybridized carbons (Fsp3) is 0. The van der Waals surface area contributed by atoms with Crippen molar-refractivity contribution >= 4 is 13.2 Å². The third-order valence-corrected chi connectivity index (χ3v) is 5.08. The van der Waals surface area contributed by atoms with E-state index in [1.807, 2.05) is 30.3 Å². The van der Waals surface area contributed by atoms with Crippen LogP contribution in [0.1, 0.15) is 0 Å². The van der Waals surface area contributed by atoms with Gasteiger partial charge in [0.2, 0.25) is 16.8 Å². The Kier molecular flexibility index (Phi) is 1.64. The van der Waals surface area contributed by atoms with Crippen LogP contribution < -0.4 is 18.9 Å². The summed E-state index contributed by atoms with van der Waals surface area (Å²) in [5.41, 5.74) is 0. The summed E-state index contributed by atoms with van der Waals surface area (Å²) >= 11 is 0. The van der Waals surface area contributed by atoms with Gasteiger partial charge in [-0.3, -0.25) is 13.6 Å². The molecule has 2 aromatic rings. The smallest absolute Gasteiger partial charge is 0.504 e. The van der Waals surface area contributed by atoms with Gasteiger partial charge in [0.05, 0.1) is 0 Å². The van der Waals surface area contributed by atoms with Gasteiger partial charge in [-0.05, 0) is 12.1 Å². The van der Waals surface area contributed by atoms with E-state index in [1.54, 1.807) is 0 Å². The van der Waals surface area contributed by atoms with Gasteiger partial charge in [0.1, 0.15) is 0 Å². The average Bonchev–Trinajstić information content (AvgIpc) is 2.95. The summed E-state index contributed by atoms with van der Waals surface area (Å²) in [6.07, 6.45) is 0. The summed E-state index contributed by atoms with van der Waals surface area (Å²) in [7, 11) is -2.70. The van der Waals surface area contributed by atoms with Crippen molar-refractivity contribution in [1.82, 2.24) is 0 Å². The van der Waals surface area contributed by atoms with E-state index in [0.29, 0.717) is 11.5 Å². The highest BCUT2D eigenvalue weighted by molar-refractivity contribution is 7.71. The summed E-state index contributed by atoms with van der Waals surface area (Å²) in [5.74, 6) is 0.342. The van der Waals surface area contributed by atoms with E-state index >= 15 is 0 Å². The molecular weight excluding hydrogens is 255 g/mol. The molecule has 6 heteroatoms. The molecule has 1 unspecified atom stereocenters. The molecule has 5 nitrogen and oxygen atoms in total. The van der Waals surface area contributed by atoms with Gasteiger partial charge >= 0.3 is 7.94 Å². The second-order valence-corrected chi connectivity index (χ2v) is 6.07. The summed E-state index contributed by atoms with van der Waals surface area (Å²) < 4.78 is 17.0. The normalized spacial score (nSPS) is 22.2. The topological polar surface area (TPSA) is 68.2 Å². The molecule has 90 valence electrons. The Morgan fingerprint density at radius 1 is 0.889 bits per heavy atom. The second-order valence-electron chi connectivity index (χ2n) is 4.01. The molecule has 18 heavy (non-hydrogen) atoms. The Balaban J connectivity index is 1.89. The van der Waals surface area contributed by atoms with Crippen molar-refractivity contribution in [1.29, 1.82) is 0 Å². The fourth-order valence-corrected chi connectivity index (χ4v) is 4.21. The molecule has 0 fully saturated rings. The van der Waals surface area contributed by atoms with Gasteiger partial charge in [-0.15, -0.1) is 0 Å². The zero-order chi connectivity index (χ0) is 12.3. The monoisotopic (exact) mass is 263 g/mol. The van der Waals surface area contributed by atoms with E-state index < -0.39 is 7.94 Å². The maximum atomic E-state index is 9.73. The van der Waals surface area contributed by atoms with Crippen molar-refractivity contribution in [3.05, 3.63) is 36.4 Å². The third kappa shape index (κ3) is 1.05. The van der Waals surface area contributed by atoms with Crippen LogP contribution in [0.25, 0.3) is 0 Å². The molecule has 4 rings (SSSR count). The Morgan fingerprint density at radius 3 is 2.39 bits per heavy atom. The lowest BCUT2D eigenvalue weighted by molar-refractivity contribution is 0.372. The number of hydrogen-bond acceptors (Lipinski definition) is 5. The van der Waals surface area contributed by atoms with Crippen molar-refractivity contribution in [2.75, 3.05) is 0 Å². The number of phenolic OH excluding ortho intramolecular Hbond substituents is 2. The molecule has 2 aliphatic rings. The Hall–Kier alpha value is -2.13. The van der Waals surface area contributed by atoms with Crippen LogP contribution in [0.3, 0.4) is 0 Å². The van der Waals surface area contributed by atoms with Crippen molar-refractivity contribution in [3.63, 3.8) is 0 Å². The molecule has 2 aromatic carbocycles. The number of rotatable bonds is 1. The van der Waals surface area contributed by atoms with Gasteiger partial charge in [-0.25, -0.2) is 0 Å². The van der Waals surface area contributed by atoms with Crippen molar-refractivity contribution in [2.24, 2.45) is 0 Å². The second kappa shape index (κ2) is 3.00. The molecule has 0 amide bonds. The fourth-order valence-electron chi connectivity index (χ4n) is 2.03. The average molecular weight is 263 g/mol. The lowest BCUT2D eigenvalue weighted by Gasteiger charge is -2.14. The van der Waals surface area contributed by atoms with E-state index in [4.69, 9.17) is 13.6 Å². The first-order valence-electron chi connectivity index (χ1n) is 5.32. The van der Waals surface area contributed by atoms with Crippen LogP contribution in [0.2, 0.25) is 0 Å². The molecule has 2 aliphatic heterocycles. The quantitative estimate of drug-likeness (QED) is 0.610. The Morgan fingerprint density at radius 2 is 1.61 bits per heavy atom. The molecule has 2 N–H and O–H groups in total. The first-order valence-corrected chi connectivity index (χ1v) is 6.86. The minimum absolute atomic E-state index is 0.161. The van der Waals surface area contributed by atoms with Gasteiger partial charge in [0.25, 0.3) is 11.5 Å². The molecule has 0 aliphatic carbocycles. The van der Waals surface area contributed by atoms with E-state index in [2.05, 4.69) is 0 Å². The maximum absolute atomic E-state index is 9.73. The largest absolute Gasteiger partial charge is 0.580 e. The van der Waals surface area contributed by atoms with Crippen molar-refractivity contribution in [3.8, 4) is 28.7 Å². The van der Waals surface area contributed by atoms with E-state index in [9.17, 15) is 10.2 Å². The van der Waals surface area contributed by atoms with Crippen LogP contribution in [-0.4, -0.2) is 10.2 Å². The molecule has 0 aromatic heterocycles. The summed E-state index contributed by atoms with van der Waals surface area (Å²) in [6, 6.07) is 10.6. The number of fused-ring (bicyclic) bond motifs is 1. The van der Waals surface area contributed by atoms with E-state index in [-0.39, 0.29) is 17.2 Å². The summed E-state index contributed by atoms with van der Waals surface area (Å²) in [4.78, 5) is 0. The highest BCUT2D eigenvalue weighted by atomic mass is 31.2. The van der Waals surface area contributed by atoms with Crippen LogP contribution in [-0.2, 0) is 0 Å². The zero-order valence-electron chi connectivity index (χ0n) is 9.03. The lowest BCUT2D eigenvalue weighted by Crippen LogP contribution is -2.20. The highest BCUT2D eigenvalue weighted by Crippen LogP contribution is 2.77. The molecule has 2 bridgehead atoms. The van der Waals surface area contributed by atoms with Crippen LogP contribution in [0.4, 0.5) is 0 Å². The molecule has 0 saturated heterocycles. The number of phenols is 2. The van der Waals surface area contributed by atoms with E-state index in [0.717, 1.165) is 5.30 Å². The summed E-state index contributed by atoms with van der Waals surface area (Å²) in [6.45, 7) is 0. The third-order valence-electron chi connectivity index (χ3n) is 2.87. The molecule has 0 saturated carbocycles. The SMILES string of the molecule is Oc1cc2c3c(c1O)O[P+](c1ccccc1)(O2)O3. The Labute approximate surface area is 103 Å². The molecule has 2 heterocycles. The Bertz CT molecular complexity index is 653. The van der Waals surface area contributed by atoms with Gasteiger partial charge in [-0.1, -0.05) is 18.2 Å². The van der Waals surface area contributed by atoms with Gasteiger partial charge in [-0.2, -0.15) is 0 Å². The molecule has 1 atom stereocenters. The number of benzene rings is 2. The van der Waals surface area contributed by atoms with Gasteiger partial charge < -0.3 is 10.2 Å². The van der Waals surface area contributed by atoms with Crippen molar-refractivity contribution < 1.29 is 23.8 Å². The standard InChI is InChI=1S/C12H7O5P/c13-8-6-9-11-12(10(8)14)17-18(15-9,16-11)7-4-2-1-3-5-7/h1-6H,(H-,13,14)/p+1. The predicted molar refractivity (Wildman–Crippen MR) is 64.7 cm³/mol. The first kappa shape index (κ1) is 9.85. The molecule has 0 radical (unpaired) electrons. The van der Waals surface area contributed by atoms with Gasteiger partial charge in [0.15, 0.2) is 5.75 Å². The lowest BCUT2D eigenvalue weighted by atomic mass is 10.2. The van der Waals surface area contributed by atoms with Crippen LogP contribution in [0, 0.1) is 0 Å². The van der Waals surface area contributed by atoms with Crippen LogP contribution in [0.5, 0.6) is 28.7 Å². The zero-order valence-corrected chi connectivity index (χ0v) is 9.92. The van der Waals surface area contributed by atoms with Crippen LogP contribution in [0.15, 0.2) is 36.4 Å². The van der Waals surface area contributed by atoms with Gasteiger partial charge in [0, 0.05) is 6.07 Å². The minimum Gasteiger partial charge on any atom is -0.504 e. The predicted octanol–water partition coefficient (Wildman–Crippen LogP) is 2.35. The highest BCUT2D eigenvalue weighted by Gasteiger charge is 2.66. The number of aromatic hydroxyl groups is 2. The number of hydrogen-bond donors (Lipinski definition) is 2. The van der Waals surface area contributed by atoms with Crippen molar-refractivity contribution in [2.45, 2.75) is 0 Å². The first-order chi connectivity index (χ1) is 8.70. The van der Waals surface area contributed by atoms with E-state index in [1.165, 1.54) is 6.07 Å². The maximum Gasteiger partial charge on any atom is 0.580 e. The van der Waals surface area contributed by atoms with Crippen LogP contribution >= 0.6 is 7.94 Å². The molecule has 0 spiro atoms.